The van der Waals surface area contributed by atoms with Gasteiger partial charge in [0.05, 0.1) is 36.2 Å². The zero-order valence-corrected chi connectivity index (χ0v) is 18.9. The van der Waals surface area contributed by atoms with Crippen LogP contribution in [0, 0.1) is 10.1 Å². The Morgan fingerprint density at radius 2 is 1.67 bits per heavy atom. The lowest BCUT2D eigenvalue weighted by Gasteiger charge is -2.14. The predicted molar refractivity (Wildman–Crippen MR) is 126 cm³/mol. The first kappa shape index (κ1) is 23.5. The first-order chi connectivity index (χ1) is 15.7. The molecule has 0 radical (unpaired) electrons. The standard InChI is InChI=1S/C22H22N4O6S/c1-15(16-8-11-18(31-2)12-9-16)23-24-20-13-10-17(26(27)28)14-22(20)33(29,30)25-19-6-4-5-7-21(19)32-3/h4-14,24-25H,1-3H3/b23-15+. The summed E-state index contributed by atoms with van der Waals surface area (Å²) in [4.78, 5) is 10.3. The zero-order valence-electron chi connectivity index (χ0n) is 18.1. The number of sulfonamides is 1. The highest BCUT2D eigenvalue weighted by atomic mass is 32.2. The van der Waals surface area contributed by atoms with Gasteiger partial charge in [-0.3, -0.25) is 20.3 Å². The second-order valence-corrected chi connectivity index (χ2v) is 8.43. The van der Waals surface area contributed by atoms with Crippen LogP contribution in [0.2, 0.25) is 0 Å². The van der Waals surface area contributed by atoms with Crippen molar-refractivity contribution in [3.05, 3.63) is 82.4 Å². The van der Waals surface area contributed by atoms with Crippen LogP contribution >= 0.6 is 0 Å². The molecule has 0 atom stereocenters. The van der Waals surface area contributed by atoms with E-state index in [1.807, 2.05) is 0 Å². The maximum absolute atomic E-state index is 13.2. The molecule has 0 aliphatic heterocycles. The maximum Gasteiger partial charge on any atom is 0.270 e. The summed E-state index contributed by atoms with van der Waals surface area (Å²) < 4.78 is 39.0. The van der Waals surface area contributed by atoms with Gasteiger partial charge in [0, 0.05) is 12.1 Å². The zero-order chi connectivity index (χ0) is 24.0. The van der Waals surface area contributed by atoms with Crippen LogP contribution in [-0.2, 0) is 10.0 Å². The summed E-state index contributed by atoms with van der Waals surface area (Å²) in [6, 6.07) is 17.0. The van der Waals surface area contributed by atoms with Crippen LogP contribution < -0.4 is 19.6 Å². The molecule has 0 unspecified atom stereocenters. The van der Waals surface area contributed by atoms with Crippen LogP contribution in [0.3, 0.4) is 0 Å². The lowest BCUT2D eigenvalue weighted by molar-refractivity contribution is -0.385. The highest BCUT2D eigenvalue weighted by Gasteiger charge is 2.24. The third-order valence-electron chi connectivity index (χ3n) is 4.67. The molecule has 0 fully saturated rings. The van der Waals surface area contributed by atoms with E-state index in [2.05, 4.69) is 15.2 Å². The van der Waals surface area contributed by atoms with Crippen molar-refractivity contribution in [3.63, 3.8) is 0 Å². The number of methoxy groups -OCH3 is 2. The number of nitro groups is 1. The number of ether oxygens (including phenoxy) is 2. The van der Waals surface area contributed by atoms with Gasteiger partial charge in [-0.25, -0.2) is 8.42 Å². The number of hydrogen-bond acceptors (Lipinski definition) is 8. The van der Waals surface area contributed by atoms with Crippen LogP contribution in [0.25, 0.3) is 0 Å². The predicted octanol–water partition coefficient (Wildman–Crippen LogP) is 4.25. The van der Waals surface area contributed by atoms with Gasteiger partial charge in [0.25, 0.3) is 15.7 Å². The van der Waals surface area contributed by atoms with Gasteiger partial charge in [0.15, 0.2) is 0 Å². The van der Waals surface area contributed by atoms with Gasteiger partial charge in [0.1, 0.15) is 16.4 Å². The van der Waals surface area contributed by atoms with Crippen molar-refractivity contribution in [2.45, 2.75) is 11.8 Å². The van der Waals surface area contributed by atoms with Crippen LogP contribution in [0.4, 0.5) is 17.1 Å². The van der Waals surface area contributed by atoms with E-state index in [4.69, 9.17) is 9.47 Å². The van der Waals surface area contributed by atoms with E-state index >= 15 is 0 Å². The van der Waals surface area contributed by atoms with Gasteiger partial charge in [-0.15, -0.1) is 0 Å². The van der Waals surface area contributed by atoms with Crippen molar-refractivity contribution in [1.82, 2.24) is 0 Å². The SMILES string of the molecule is COc1ccc(/C(C)=N/Nc2ccc([N+](=O)[O-])cc2S(=O)(=O)Nc2ccccc2OC)cc1. The number of nitrogens with one attached hydrogen (secondary N) is 2. The molecule has 2 N–H and O–H groups in total. The Balaban J connectivity index is 1.98. The minimum atomic E-state index is -4.24. The molecule has 0 spiro atoms. The number of benzene rings is 3. The average molecular weight is 471 g/mol. The van der Waals surface area contributed by atoms with Gasteiger partial charge in [-0.1, -0.05) is 12.1 Å². The van der Waals surface area contributed by atoms with Crippen LogP contribution in [0.5, 0.6) is 11.5 Å². The molecule has 3 rings (SSSR count). The summed E-state index contributed by atoms with van der Waals surface area (Å²) in [5, 5.41) is 15.5. The van der Waals surface area contributed by atoms with Gasteiger partial charge in [0.2, 0.25) is 0 Å². The summed E-state index contributed by atoms with van der Waals surface area (Å²) in [5.74, 6) is 0.986. The Morgan fingerprint density at radius 1 is 0.970 bits per heavy atom. The molecule has 10 nitrogen and oxygen atoms in total. The number of hydrazone groups is 1. The van der Waals surface area contributed by atoms with Gasteiger partial charge >= 0.3 is 0 Å². The van der Waals surface area contributed by atoms with Gasteiger partial charge in [-0.2, -0.15) is 5.10 Å². The van der Waals surface area contributed by atoms with E-state index in [9.17, 15) is 18.5 Å². The van der Waals surface area contributed by atoms with Crippen LogP contribution in [0.1, 0.15) is 12.5 Å². The summed E-state index contributed by atoms with van der Waals surface area (Å²) >= 11 is 0. The molecule has 0 bridgehead atoms. The molecular formula is C22H22N4O6S. The average Bonchev–Trinajstić information content (AvgIpc) is 2.82. The summed E-state index contributed by atoms with van der Waals surface area (Å²) in [6.45, 7) is 1.74. The quantitative estimate of drug-likeness (QED) is 0.271. The highest BCUT2D eigenvalue weighted by molar-refractivity contribution is 7.93. The summed E-state index contributed by atoms with van der Waals surface area (Å²) in [5.41, 5.74) is 3.93. The number of rotatable bonds is 9. The minimum Gasteiger partial charge on any atom is -0.497 e. The number of nitro benzene ring substituents is 1. The van der Waals surface area contributed by atoms with Crippen molar-refractivity contribution < 1.29 is 22.8 Å². The Kier molecular flexibility index (Phi) is 7.13. The number of anilines is 2. The van der Waals surface area contributed by atoms with Crippen molar-refractivity contribution in [2.24, 2.45) is 5.10 Å². The first-order valence-corrected chi connectivity index (χ1v) is 11.1. The highest BCUT2D eigenvalue weighted by Crippen LogP contribution is 2.31. The topological polar surface area (TPSA) is 132 Å². The molecule has 0 saturated heterocycles. The second kappa shape index (κ2) is 10.0. The number of nitrogens with zero attached hydrogens (tertiary/aromatic N) is 2. The number of hydrogen-bond donors (Lipinski definition) is 2. The Hall–Kier alpha value is -4.12. The molecular weight excluding hydrogens is 448 g/mol. The van der Waals surface area contributed by atoms with Crippen molar-refractivity contribution in [2.75, 3.05) is 24.4 Å². The molecule has 3 aromatic carbocycles. The van der Waals surface area contributed by atoms with E-state index in [1.165, 1.54) is 25.3 Å². The third kappa shape index (κ3) is 5.57. The third-order valence-corrected chi connectivity index (χ3v) is 6.07. The van der Waals surface area contributed by atoms with E-state index in [1.54, 1.807) is 56.5 Å². The number of non-ortho nitro benzene ring substituents is 1. The molecule has 0 heterocycles. The fourth-order valence-electron chi connectivity index (χ4n) is 2.91. The fraction of sp³-hybridized carbons (Fsp3) is 0.136. The van der Waals surface area contributed by atoms with E-state index in [-0.39, 0.29) is 22.0 Å². The Labute approximate surface area is 191 Å². The molecule has 172 valence electrons. The molecule has 3 aromatic rings. The minimum absolute atomic E-state index is 0.0656. The second-order valence-electron chi connectivity index (χ2n) is 6.78. The first-order valence-electron chi connectivity index (χ1n) is 9.64. The van der Waals surface area contributed by atoms with Crippen LogP contribution in [-0.4, -0.2) is 33.3 Å². The Morgan fingerprint density at radius 3 is 2.30 bits per heavy atom. The largest absolute Gasteiger partial charge is 0.497 e. The van der Waals surface area contributed by atoms with E-state index < -0.39 is 14.9 Å². The Bertz CT molecular complexity index is 1290. The van der Waals surface area contributed by atoms with Crippen LogP contribution in [0.15, 0.2) is 76.7 Å². The maximum atomic E-state index is 13.2. The molecule has 0 saturated carbocycles. The normalized spacial score (nSPS) is 11.5. The van der Waals surface area contributed by atoms with Crippen molar-refractivity contribution in [3.8, 4) is 11.5 Å². The fourth-order valence-corrected chi connectivity index (χ4v) is 4.16. The molecule has 0 amide bonds. The van der Waals surface area contributed by atoms with Crippen molar-refractivity contribution >= 4 is 32.8 Å². The van der Waals surface area contributed by atoms with E-state index in [0.717, 1.165) is 11.6 Å². The molecule has 11 heteroatoms. The molecule has 0 aliphatic carbocycles. The summed E-state index contributed by atoms with van der Waals surface area (Å²) in [7, 11) is -1.27. The molecule has 0 aromatic heterocycles. The van der Waals surface area contributed by atoms with E-state index in [0.29, 0.717) is 17.2 Å². The molecule has 0 aliphatic rings. The monoisotopic (exact) mass is 470 g/mol. The summed E-state index contributed by atoms with van der Waals surface area (Å²) in [6.07, 6.45) is 0. The lowest BCUT2D eigenvalue weighted by atomic mass is 10.1. The lowest BCUT2D eigenvalue weighted by Crippen LogP contribution is -2.16. The van der Waals surface area contributed by atoms with Gasteiger partial charge < -0.3 is 9.47 Å². The van der Waals surface area contributed by atoms with Gasteiger partial charge in [-0.05, 0) is 55.0 Å². The molecule has 33 heavy (non-hydrogen) atoms. The number of para-hydroxylation sites is 2. The van der Waals surface area contributed by atoms with Crippen molar-refractivity contribution in [1.29, 1.82) is 0 Å². The smallest absolute Gasteiger partial charge is 0.270 e.